The molecule has 0 N–H and O–H groups in total. The summed E-state index contributed by atoms with van der Waals surface area (Å²) in [6.07, 6.45) is 4.33. The number of alkyl halides is 2. The van der Waals surface area contributed by atoms with Crippen LogP contribution in [0.2, 0.25) is 0 Å². The first-order valence-corrected chi connectivity index (χ1v) is 8.25. The van der Waals surface area contributed by atoms with Crippen molar-refractivity contribution in [3.05, 3.63) is 48.3 Å². The summed E-state index contributed by atoms with van der Waals surface area (Å²) in [5.41, 5.74) is 3.38. The Morgan fingerprint density at radius 1 is 1.08 bits per heavy atom. The maximum Gasteiger partial charge on any atom is 0.333 e. The number of benzene rings is 1. The molecule has 3 aromatic rings. The molecule has 0 spiro atoms. The van der Waals surface area contributed by atoms with Gasteiger partial charge in [0.1, 0.15) is 0 Å². The molecule has 0 unspecified atom stereocenters. The third-order valence-corrected chi connectivity index (χ3v) is 2.93. The first kappa shape index (κ1) is 19.7. The van der Waals surface area contributed by atoms with Gasteiger partial charge in [0.25, 0.3) is 0 Å². The maximum atomic E-state index is 12.6. The number of hydrogen-bond acceptors (Lipinski definition) is 2. The zero-order valence-corrected chi connectivity index (χ0v) is 14.9. The number of nitrogens with zero attached hydrogens (tertiary/aromatic N) is 3. The van der Waals surface area contributed by atoms with Crippen LogP contribution < -0.4 is 0 Å². The van der Waals surface area contributed by atoms with Crippen molar-refractivity contribution in [1.82, 2.24) is 14.8 Å². The molecule has 0 amide bonds. The molecule has 0 saturated heterocycles. The molecule has 1 aromatic carbocycles. The molecule has 5 heteroatoms. The van der Waals surface area contributed by atoms with Crippen LogP contribution in [0.5, 0.6) is 0 Å². The highest BCUT2D eigenvalue weighted by atomic mass is 19.3. The van der Waals surface area contributed by atoms with Crippen LogP contribution >= 0.6 is 0 Å². The number of fused-ring (bicyclic) bond motifs is 1. The molecule has 0 aliphatic carbocycles. The molecular formula is C19H25F2N3. The lowest BCUT2D eigenvalue weighted by atomic mass is 10.1. The van der Waals surface area contributed by atoms with Gasteiger partial charge in [0.2, 0.25) is 0 Å². The highest BCUT2D eigenvalue weighted by Gasteiger charge is 2.09. The highest BCUT2D eigenvalue weighted by molar-refractivity contribution is 5.83. The number of aryl methyl sites for hydroxylation is 1. The van der Waals surface area contributed by atoms with Gasteiger partial charge in [-0.15, -0.1) is 0 Å². The Bertz CT molecular complexity index is 751. The predicted molar refractivity (Wildman–Crippen MR) is 96.3 cm³/mol. The Kier molecular flexibility index (Phi) is 8.02. The van der Waals surface area contributed by atoms with Crippen molar-refractivity contribution < 1.29 is 8.78 Å². The Hall–Kier alpha value is -2.30. The van der Waals surface area contributed by atoms with Gasteiger partial charge >= 0.3 is 6.55 Å². The van der Waals surface area contributed by atoms with Crippen LogP contribution in [0.25, 0.3) is 22.2 Å². The van der Waals surface area contributed by atoms with Crippen LogP contribution in [0.15, 0.2) is 42.7 Å². The summed E-state index contributed by atoms with van der Waals surface area (Å²) < 4.78 is 25.8. The first-order chi connectivity index (χ1) is 11.5. The molecule has 3 rings (SSSR count). The van der Waals surface area contributed by atoms with Crippen LogP contribution in [0.1, 0.15) is 46.2 Å². The van der Waals surface area contributed by atoms with E-state index in [9.17, 15) is 8.78 Å². The van der Waals surface area contributed by atoms with Gasteiger partial charge in [-0.2, -0.15) is 13.9 Å². The van der Waals surface area contributed by atoms with Crippen LogP contribution in [-0.2, 0) is 0 Å². The number of aromatic nitrogens is 3. The summed E-state index contributed by atoms with van der Waals surface area (Å²) in [6.45, 7) is 7.62. The molecule has 0 bridgehead atoms. The predicted octanol–water partition coefficient (Wildman–Crippen LogP) is 6.24. The van der Waals surface area contributed by atoms with Gasteiger partial charge < -0.3 is 0 Å². The SMILES string of the molecule is CC.CCC.Cc1ccnc(-c2ccc3nn(C(F)F)cc3c2)c1. The van der Waals surface area contributed by atoms with Crippen molar-refractivity contribution in [2.75, 3.05) is 0 Å². The molecular weight excluding hydrogens is 308 g/mol. The fourth-order valence-corrected chi connectivity index (χ4v) is 2.00. The van der Waals surface area contributed by atoms with Crippen LogP contribution in [0, 0.1) is 6.92 Å². The lowest BCUT2D eigenvalue weighted by molar-refractivity contribution is 0.0574. The fraction of sp³-hybridized carbons (Fsp3) is 0.368. The quantitative estimate of drug-likeness (QED) is 0.555. The van der Waals surface area contributed by atoms with Gasteiger partial charge in [0.05, 0.1) is 11.2 Å². The largest absolute Gasteiger partial charge is 0.333 e. The molecule has 0 aliphatic heterocycles. The van der Waals surface area contributed by atoms with E-state index < -0.39 is 6.55 Å². The second kappa shape index (κ2) is 9.75. The minimum Gasteiger partial charge on any atom is -0.256 e. The van der Waals surface area contributed by atoms with Crippen molar-refractivity contribution in [3.63, 3.8) is 0 Å². The zero-order valence-electron chi connectivity index (χ0n) is 14.9. The average molecular weight is 333 g/mol. The molecule has 130 valence electrons. The Morgan fingerprint density at radius 2 is 1.75 bits per heavy atom. The smallest absolute Gasteiger partial charge is 0.256 e. The van der Waals surface area contributed by atoms with Gasteiger partial charge in [-0.1, -0.05) is 40.2 Å². The molecule has 2 aromatic heterocycles. The van der Waals surface area contributed by atoms with Crippen molar-refractivity contribution in [2.45, 2.75) is 47.6 Å². The Balaban J connectivity index is 0.000000521. The van der Waals surface area contributed by atoms with Gasteiger partial charge in [0, 0.05) is 23.3 Å². The number of halogens is 2. The lowest BCUT2D eigenvalue weighted by Gasteiger charge is -2.01. The molecule has 0 aliphatic rings. The summed E-state index contributed by atoms with van der Waals surface area (Å²) in [5.74, 6) is 0. The fourth-order valence-electron chi connectivity index (χ4n) is 2.00. The van der Waals surface area contributed by atoms with Crippen molar-refractivity contribution in [1.29, 1.82) is 0 Å². The van der Waals surface area contributed by atoms with Crippen LogP contribution in [0.3, 0.4) is 0 Å². The van der Waals surface area contributed by atoms with Crippen molar-refractivity contribution in [3.8, 4) is 11.3 Å². The molecule has 0 atom stereocenters. The van der Waals surface area contributed by atoms with Gasteiger partial charge in [-0.05, 0) is 36.8 Å². The summed E-state index contributed by atoms with van der Waals surface area (Å²) in [7, 11) is 0. The number of hydrogen-bond donors (Lipinski definition) is 0. The number of pyridine rings is 1. The molecule has 0 saturated carbocycles. The maximum absolute atomic E-state index is 12.6. The number of rotatable bonds is 2. The van der Waals surface area contributed by atoms with E-state index in [1.54, 1.807) is 12.3 Å². The molecule has 0 fully saturated rings. The Labute approximate surface area is 142 Å². The summed E-state index contributed by atoms with van der Waals surface area (Å²) >= 11 is 0. The lowest BCUT2D eigenvalue weighted by Crippen LogP contribution is -1.96. The van der Waals surface area contributed by atoms with Crippen molar-refractivity contribution in [2.24, 2.45) is 0 Å². The van der Waals surface area contributed by atoms with Gasteiger partial charge in [0.15, 0.2) is 0 Å². The highest BCUT2D eigenvalue weighted by Crippen LogP contribution is 2.24. The van der Waals surface area contributed by atoms with E-state index in [1.165, 1.54) is 12.6 Å². The van der Waals surface area contributed by atoms with Gasteiger partial charge in [-0.25, -0.2) is 4.68 Å². The van der Waals surface area contributed by atoms with E-state index in [0.29, 0.717) is 15.6 Å². The van der Waals surface area contributed by atoms with E-state index in [0.717, 1.165) is 16.8 Å². The van der Waals surface area contributed by atoms with E-state index in [-0.39, 0.29) is 0 Å². The third kappa shape index (κ3) is 5.11. The second-order valence-corrected chi connectivity index (χ2v) is 5.09. The third-order valence-electron chi connectivity index (χ3n) is 2.93. The molecule has 3 nitrogen and oxygen atoms in total. The zero-order chi connectivity index (χ0) is 18.1. The van der Waals surface area contributed by atoms with Crippen LogP contribution in [0.4, 0.5) is 8.78 Å². The van der Waals surface area contributed by atoms with E-state index >= 15 is 0 Å². The minimum absolute atomic E-state index is 0.553. The van der Waals surface area contributed by atoms with Crippen molar-refractivity contribution >= 4 is 10.9 Å². The minimum atomic E-state index is -2.62. The molecule has 2 heterocycles. The normalized spacial score (nSPS) is 10.0. The average Bonchev–Trinajstić information content (AvgIpc) is 3.01. The Morgan fingerprint density at radius 3 is 2.33 bits per heavy atom. The van der Waals surface area contributed by atoms with E-state index in [1.807, 2.05) is 45.0 Å². The van der Waals surface area contributed by atoms with E-state index in [2.05, 4.69) is 23.9 Å². The standard InChI is InChI=1S/C14H11F2N3.C3H8.C2H6/c1-9-4-5-17-13(6-9)10-2-3-12-11(7-10)8-19(18-12)14(15)16;1-3-2;1-2/h2-8,14H,1H3;3H2,1-2H3;1-2H3. The first-order valence-electron chi connectivity index (χ1n) is 8.25. The van der Waals surface area contributed by atoms with E-state index in [4.69, 9.17) is 0 Å². The van der Waals surface area contributed by atoms with Crippen LogP contribution in [-0.4, -0.2) is 14.8 Å². The monoisotopic (exact) mass is 333 g/mol. The molecule has 0 radical (unpaired) electrons. The topological polar surface area (TPSA) is 30.7 Å². The summed E-state index contributed by atoms with van der Waals surface area (Å²) in [4.78, 5) is 4.28. The van der Waals surface area contributed by atoms with Gasteiger partial charge in [-0.3, -0.25) is 4.98 Å². The molecule has 24 heavy (non-hydrogen) atoms. The summed E-state index contributed by atoms with van der Waals surface area (Å²) in [6, 6.07) is 9.26. The summed E-state index contributed by atoms with van der Waals surface area (Å²) in [5, 5.41) is 4.49. The second-order valence-electron chi connectivity index (χ2n) is 5.09.